The minimum atomic E-state index is -0.391. The number of tetrazole rings is 1. The van der Waals surface area contributed by atoms with Gasteiger partial charge in [-0.25, -0.2) is 0 Å². The monoisotopic (exact) mass is 258 g/mol. The van der Waals surface area contributed by atoms with E-state index in [1.807, 2.05) is 0 Å². The van der Waals surface area contributed by atoms with E-state index in [-0.39, 0.29) is 0 Å². The van der Waals surface area contributed by atoms with Gasteiger partial charge in [-0.3, -0.25) is 0 Å². The van der Waals surface area contributed by atoms with E-state index in [4.69, 9.17) is 0 Å². The first-order valence-corrected chi connectivity index (χ1v) is 6.70. The summed E-state index contributed by atoms with van der Waals surface area (Å²) in [5.41, 5.74) is 2.79. The summed E-state index contributed by atoms with van der Waals surface area (Å²) in [5, 5.41) is 22.2. The van der Waals surface area contributed by atoms with E-state index >= 15 is 0 Å². The number of aliphatic hydroxyl groups is 1. The Bertz CT molecular complexity index is 566. The second kappa shape index (κ2) is 5.09. The number of nitrogens with zero attached hydrogens (tertiary/aromatic N) is 4. The van der Waals surface area contributed by atoms with Crippen LogP contribution < -0.4 is 0 Å². The molecule has 100 valence electrons. The molecule has 1 aliphatic rings. The first-order chi connectivity index (χ1) is 9.22. The summed E-state index contributed by atoms with van der Waals surface area (Å²) in [6.45, 7) is 0. The highest BCUT2D eigenvalue weighted by atomic mass is 16.3. The van der Waals surface area contributed by atoms with Crippen LogP contribution in [0.15, 0.2) is 24.3 Å². The number of aryl methyl sites for hydroxylation is 2. The molecule has 5 nitrogen and oxygen atoms in total. The van der Waals surface area contributed by atoms with Gasteiger partial charge in [-0.15, -0.1) is 10.2 Å². The Morgan fingerprint density at radius 2 is 2.16 bits per heavy atom. The Morgan fingerprint density at radius 3 is 2.89 bits per heavy atom. The molecule has 2 unspecified atom stereocenters. The molecule has 0 amide bonds. The highest BCUT2D eigenvalue weighted by molar-refractivity contribution is 5.29. The summed E-state index contributed by atoms with van der Waals surface area (Å²) in [7, 11) is 1.74. The molecule has 1 aromatic heterocycles. The fourth-order valence-electron chi connectivity index (χ4n) is 2.81. The second-order valence-corrected chi connectivity index (χ2v) is 5.24. The molecule has 0 radical (unpaired) electrons. The van der Waals surface area contributed by atoms with Gasteiger partial charge in [0.2, 0.25) is 0 Å². The summed E-state index contributed by atoms with van der Waals surface area (Å²) in [6, 6.07) is 8.49. The van der Waals surface area contributed by atoms with Crippen LogP contribution in [0.4, 0.5) is 0 Å². The third-order valence-electron chi connectivity index (χ3n) is 3.87. The van der Waals surface area contributed by atoms with Gasteiger partial charge in [0.05, 0.1) is 13.2 Å². The van der Waals surface area contributed by atoms with E-state index < -0.39 is 6.10 Å². The molecular formula is C14H18N4O. The predicted octanol–water partition coefficient (Wildman–Crippen LogP) is 0.919. The van der Waals surface area contributed by atoms with Crippen molar-refractivity contribution in [2.45, 2.75) is 31.8 Å². The van der Waals surface area contributed by atoms with E-state index in [0.717, 1.165) is 19.3 Å². The van der Waals surface area contributed by atoms with E-state index in [2.05, 4.69) is 39.7 Å². The standard InChI is InChI=1S/C14H18N4O/c1-18-16-14(15-17-18)9-13(19)12-7-6-10-4-2-3-5-11(10)8-12/h2-5,12-13,19H,6-9H2,1H3. The molecule has 19 heavy (non-hydrogen) atoms. The van der Waals surface area contributed by atoms with Crippen molar-refractivity contribution in [3.8, 4) is 0 Å². The van der Waals surface area contributed by atoms with Gasteiger partial charge in [0.15, 0.2) is 5.82 Å². The minimum absolute atomic E-state index is 0.290. The largest absolute Gasteiger partial charge is 0.392 e. The van der Waals surface area contributed by atoms with Gasteiger partial charge in [-0.05, 0) is 41.5 Å². The Balaban J connectivity index is 1.67. The molecule has 1 aliphatic carbocycles. The summed E-state index contributed by atoms with van der Waals surface area (Å²) >= 11 is 0. The predicted molar refractivity (Wildman–Crippen MR) is 70.5 cm³/mol. The molecule has 3 rings (SSSR count). The second-order valence-electron chi connectivity index (χ2n) is 5.24. The highest BCUT2D eigenvalue weighted by Crippen LogP contribution is 2.28. The van der Waals surface area contributed by atoms with Crippen molar-refractivity contribution in [1.82, 2.24) is 20.2 Å². The van der Waals surface area contributed by atoms with Crippen LogP contribution in [0.3, 0.4) is 0 Å². The lowest BCUT2D eigenvalue weighted by molar-refractivity contribution is 0.0973. The van der Waals surface area contributed by atoms with Crippen LogP contribution in [0.1, 0.15) is 23.4 Å². The van der Waals surface area contributed by atoms with Crippen molar-refractivity contribution in [3.63, 3.8) is 0 Å². The van der Waals surface area contributed by atoms with Gasteiger partial charge in [0.25, 0.3) is 0 Å². The SMILES string of the molecule is Cn1nnc(CC(O)C2CCc3ccccc3C2)n1. The lowest BCUT2D eigenvalue weighted by atomic mass is 9.80. The lowest BCUT2D eigenvalue weighted by Gasteiger charge is -2.27. The summed E-state index contributed by atoms with van der Waals surface area (Å²) in [5.74, 6) is 0.910. The number of aromatic nitrogens is 4. The molecule has 1 aromatic carbocycles. The Kier molecular flexibility index (Phi) is 3.29. The van der Waals surface area contributed by atoms with Crippen LogP contribution in [-0.2, 0) is 26.3 Å². The van der Waals surface area contributed by atoms with E-state index in [1.165, 1.54) is 15.9 Å². The van der Waals surface area contributed by atoms with Crippen LogP contribution in [0.5, 0.6) is 0 Å². The molecule has 2 atom stereocenters. The topological polar surface area (TPSA) is 63.8 Å². The quantitative estimate of drug-likeness (QED) is 0.889. The zero-order valence-electron chi connectivity index (χ0n) is 11.0. The maximum Gasteiger partial charge on any atom is 0.177 e. The summed E-state index contributed by atoms with van der Waals surface area (Å²) in [6.07, 6.45) is 3.11. The molecule has 0 fully saturated rings. The molecular weight excluding hydrogens is 240 g/mol. The molecule has 0 bridgehead atoms. The maximum atomic E-state index is 10.3. The first-order valence-electron chi connectivity index (χ1n) is 6.70. The normalized spacial score (nSPS) is 20.0. The van der Waals surface area contributed by atoms with E-state index in [9.17, 15) is 5.11 Å². The molecule has 2 aromatic rings. The van der Waals surface area contributed by atoms with E-state index in [1.54, 1.807) is 7.05 Å². The number of fused-ring (bicyclic) bond motifs is 1. The zero-order valence-corrected chi connectivity index (χ0v) is 11.0. The smallest absolute Gasteiger partial charge is 0.177 e. The summed E-state index contributed by atoms with van der Waals surface area (Å²) < 4.78 is 0. The fourth-order valence-corrected chi connectivity index (χ4v) is 2.81. The number of benzene rings is 1. The van der Waals surface area contributed by atoms with Crippen molar-refractivity contribution in [2.75, 3.05) is 0 Å². The van der Waals surface area contributed by atoms with Gasteiger partial charge in [0.1, 0.15) is 0 Å². The molecule has 1 N–H and O–H groups in total. The van der Waals surface area contributed by atoms with Crippen molar-refractivity contribution in [2.24, 2.45) is 13.0 Å². The van der Waals surface area contributed by atoms with Crippen molar-refractivity contribution >= 4 is 0 Å². The molecule has 0 saturated carbocycles. The lowest BCUT2D eigenvalue weighted by Crippen LogP contribution is -2.28. The van der Waals surface area contributed by atoms with Crippen LogP contribution in [-0.4, -0.2) is 31.4 Å². The van der Waals surface area contributed by atoms with Crippen LogP contribution in [0.25, 0.3) is 0 Å². The van der Waals surface area contributed by atoms with Gasteiger partial charge < -0.3 is 5.11 Å². The Labute approximate surface area is 112 Å². The van der Waals surface area contributed by atoms with Gasteiger partial charge >= 0.3 is 0 Å². The van der Waals surface area contributed by atoms with Crippen LogP contribution in [0, 0.1) is 5.92 Å². The van der Waals surface area contributed by atoms with Gasteiger partial charge in [-0.1, -0.05) is 24.3 Å². The van der Waals surface area contributed by atoms with Crippen molar-refractivity contribution in [1.29, 1.82) is 0 Å². The average Bonchev–Trinajstić information content (AvgIpc) is 2.83. The number of rotatable bonds is 3. The number of aliphatic hydroxyl groups excluding tert-OH is 1. The molecule has 0 spiro atoms. The highest BCUT2D eigenvalue weighted by Gasteiger charge is 2.25. The third kappa shape index (κ3) is 2.66. The molecule has 0 saturated heterocycles. The van der Waals surface area contributed by atoms with Gasteiger partial charge in [0, 0.05) is 6.42 Å². The third-order valence-corrected chi connectivity index (χ3v) is 3.87. The zero-order chi connectivity index (χ0) is 13.2. The fraction of sp³-hybridized carbons (Fsp3) is 0.500. The molecule has 0 aliphatic heterocycles. The van der Waals surface area contributed by atoms with E-state index in [0.29, 0.717) is 18.2 Å². The first kappa shape index (κ1) is 12.3. The van der Waals surface area contributed by atoms with Crippen molar-refractivity contribution < 1.29 is 5.11 Å². The Morgan fingerprint density at radius 1 is 1.37 bits per heavy atom. The van der Waals surface area contributed by atoms with Crippen molar-refractivity contribution in [3.05, 3.63) is 41.2 Å². The van der Waals surface area contributed by atoms with Gasteiger partial charge in [-0.2, -0.15) is 4.80 Å². The number of hydrogen-bond donors (Lipinski definition) is 1. The number of hydrogen-bond acceptors (Lipinski definition) is 4. The summed E-state index contributed by atoms with van der Waals surface area (Å²) in [4.78, 5) is 1.43. The molecule has 5 heteroatoms. The van der Waals surface area contributed by atoms with Crippen LogP contribution >= 0.6 is 0 Å². The molecule has 1 heterocycles. The van der Waals surface area contributed by atoms with Crippen LogP contribution in [0.2, 0.25) is 0 Å². The Hall–Kier alpha value is -1.75. The average molecular weight is 258 g/mol. The maximum absolute atomic E-state index is 10.3. The minimum Gasteiger partial charge on any atom is -0.392 e.